The Morgan fingerprint density at radius 1 is 1.33 bits per heavy atom. The van der Waals surface area contributed by atoms with Crippen LogP contribution in [0.3, 0.4) is 0 Å². The highest BCUT2D eigenvalue weighted by Gasteiger charge is 2.10. The first kappa shape index (κ1) is 16.4. The minimum absolute atomic E-state index is 0.140. The van der Waals surface area contributed by atoms with Crippen LogP contribution in [0, 0.1) is 0 Å². The van der Waals surface area contributed by atoms with Gasteiger partial charge in [0.05, 0.1) is 18.3 Å². The SMILES string of the molecule is C=CCSc1nnc(NC(=O)Cc2cnn(-c3ccccc3)c2)s1. The van der Waals surface area contributed by atoms with Crippen LogP contribution in [-0.4, -0.2) is 31.6 Å². The van der Waals surface area contributed by atoms with Gasteiger partial charge in [-0.3, -0.25) is 4.79 Å². The molecule has 0 spiro atoms. The van der Waals surface area contributed by atoms with E-state index in [2.05, 4.69) is 27.2 Å². The Balaban J connectivity index is 1.58. The van der Waals surface area contributed by atoms with E-state index in [0.29, 0.717) is 5.13 Å². The summed E-state index contributed by atoms with van der Waals surface area (Å²) in [5.74, 6) is 0.625. The Morgan fingerprint density at radius 3 is 2.96 bits per heavy atom. The first-order chi connectivity index (χ1) is 11.7. The van der Waals surface area contributed by atoms with E-state index >= 15 is 0 Å². The third-order valence-corrected chi connectivity index (χ3v) is 4.97. The number of para-hydroxylation sites is 1. The highest BCUT2D eigenvalue weighted by Crippen LogP contribution is 2.25. The van der Waals surface area contributed by atoms with Crippen LogP contribution in [0.4, 0.5) is 5.13 Å². The molecule has 1 N–H and O–H groups in total. The third-order valence-electron chi connectivity index (χ3n) is 3.00. The molecule has 0 bridgehead atoms. The van der Waals surface area contributed by atoms with E-state index < -0.39 is 0 Å². The van der Waals surface area contributed by atoms with Gasteiger partial charge in [-0.1, -0.05) is 47.4 Å². The molecule has 0 aliphatic heterocycles. The first-order valence-electron chi connectivity index (χ1n) is 7.20. The number of benzene rings is 1. The summed E-state index contributed by atoms with van der Waals surface area (Å²) in [5, 5.41) is 15.5. The Hall–Kier alpha value is -2.45. The van der Waals surface area contributed by atoms with Gasteiger partial charge in [-0.25, -0.2) is 4.68 Å². The van der Waals surface area contributed by atoms with Gasteiger partial charge in [0.2, 0.25) is 11.0 Å². The van der Waals surface area contributed by atoms with E-state index in [4.69, 9.17) is 0 Å². The summed E-state index contributed by atoms with van der Waals surface area (Å²) >= 11 is 2.89. The van der Waals surface area contributed by atoms with Crippen molar-refractivity contribution < 1.29 is 4.79 Å². The molecule has 122 valence electrons. The fourth-order valence-electron chi connectivity index (χ4n) is 1.97. The van der Waals surface area contributed by atoms with E-state index in [-0.39, 0.29) is 12.3 Å². The van der Waals surface area contributed by atoms with Crippen LogP contribution in [0.25, 0.3) is 5.69 Å². The van der Waals surface area contributed by atoms with Crippen molar-refractivity contribution in [2.45, 2.75) is 10.8 Å². The fourth-order valence-corrected chi connectivity index (χ4v) is 3.50. The van der Waals surface area contributed by atoms with Crippen LogP contribution in [-0.2, 0) is 11.2 Å². The lowest BCUT2D eigenvalue weighted by molar-refractivity contribution is -0.115. The summed E-state index contributed by atoms with van der Waals surface area (Å²) in [4.78, 5) is 12.1. The first-order valence-corrected chi connectivity index (χ1v) is 9.01. The van der Waals surface area contributed by atoms with Gasteiger partial charge in [-0.2, -0.15) is 5.10 Å². The quantitative estimate of drug-likeness (QED) is 0.399. The fraction of sp³-hybridized carbons (Fsp3) is 0.125. The molecule has 0 atom stereocenters. The van der Waals surface area contributed by atoms with Crippen molar-refractivity contribution >= 4 is 34.1 Å². The number of hydrogen-bond donors (Lipinski definition) is 1. The number of amides is 1. The minimum atomic E-state index is -0.140. The number of hydrogen-bond acceptors (Lipinski definition) is 6. The highest BCUT2D eigenvalue weighted by molar-refractivity contribution is 8.01. The molecule has 6 nitrogen and oxygen atoms in total. The zero-order valence-corrected chi connectivity index (χ0v) is 14.4. The van der Waals surface area contributed by atoms with Gasteiger partial charge in [-0.15, -0.1) is 16.8 Å². The monoisotopic (exact) mass is 357 g/mol. The number of thioether (sulfide) groups is 1. The Bertz CT molecular complexity index is 828. The Labute approximate surface area is 147 Å². The molecule has 1 aromatic carbocycles. The number of anilines is 1. The zero-order chi connectivity index (χ0) is 16.8. The predicted octanol–water partition coefficient (Wildman–Crippen LogP) is 3.18. The molecular formula is C16H15N5OS2. The molecule has 1 amide bonds. The molecule has 8 heteroatoms. The van der Waals surface area contributed by atoms with Crippen molar-refractivity contribution in [1.29, 1.82) is 0 Å². The maximum absolute atomic E-state index is 12.1. The Morgan fingerprint density at radius 2 is 2.17 bits per heavy atom. The smallest absolute Gasteiger partial charge is 0.230 e. The maximum atomic E-state index is 12.1. The zero-order valence-electron chi connectivity index (χ0n) is 12.8. The average molecular weight is 357 g/mol. The highest BCUT2D eigenvalue weighted by atomic mass is 32.2. The maximum Gasteiger partial charge on any atom is 0.230 e. The van der Waals surface area contributed by atoms with Gasteiger partial charge in [-0.05, 0) is 17.7 Å². The lowest BCUT2D eigenvalue weighted by Gasteiger charge is -2.00. The van der Waals surface area contributed by atoms with E-state index in [9.17, 15) is 4.79 Å². The molecule has 24 heavy (non-hydrogen) atoms. The molecule has 0 saturated heterocycles. The third kappa shape index (κ3) is 4.30. The summed E-state index contributed by atoms with van der Waals surface area (Å²) in [6.45, 7) is 3.66. The molecule has 0 aliphatic carbocycles. The molecule has 0 fully saturated rings. The summed E-state index contributed by atoms with van der Waals surface area (Å²) < 4.78 is 2.56. The molecule has 0 radical (unpaired) electrons. The lowest BCUT2D eigenvalue weighted by atomic mass is 10.2. The van der Waals surface area contributed by atoms with Gasteiger partial charge in [0.1, 0.15) is 0 Å². The molecule has 2 aromatic heterocycles. The van der Waals surface area contributed by atoms with Crippen LogP contribution in [0.1, 0.15) is 5.56 Å². The van der Waals surface area contributed by atoms with Gasteiger partial charge < -0.3 is 5.32 Å². The van der Waals surface area contributed by atoms with E-state index in [1.165, 1.54) is 23.1 Å². The van der Waals surface area contributed by atoms with E-state index in [1.54, 1.807) is 17.0 Å². The van der Waals surface area contributed by atoms with Gasteiger partial charge >= 0.3 is 0 Å². The van der Waals surface area contributed by atoms with E-state index in [0.717, 1.165) is 21.3 Å². The van der Waals surface area contributed by atoms with Gasteiger partial charge in [0.25, 0.3) is 0 Å². The standard InChI is InChI=1S/C16H15N5OS2/c1-2-8-23-16-20-19-15(24-16)18-14(22)9-12-10-17-21(11-12)13-6-4-3-5-7-13/h2-7,10-11H,1,8-9H2,(H,18,19,22). The van der Waals surface area contributed by atoms with Crippen molar-refractivity contribution in [3.05, 3.63) is 60.9 Å². The average Bonchev–Trinajstić information content (AvgIpc) is 3.23. The number of aromatic nitrogens is 4. The molecule has 2 heterocycles. The molecular weight excluding hydrogens is 342 g/mol. The summed E-state index contributed by atoms with van der Waals surface area (Å²) in [5.41, 5.74) is 1.79. The van der Waals surface area contributed by atoms with E-state index in [1.807, 2.05) is 36.5 Å². The second kappa shape index (κ2) is 7.89. The number of carbonyl (C=O) groups is 1. The molecule has 0 saturated carbocycles. The summed E-state index contributed by atoms with van der Waals surface area (Å²) in [6, 6.07) is 9.76. The van der Waals surface area contributed by atoms with Gasteiger partial charge in [0, 0.05) is 11.9 Å². The van der Waals surface area contributed by atoms with Crippen molar-refractivity contribution in [2.75, 3.05) is 11.1 Å². The lowest BCUT2D eigenvalue weighted by Crippen LogP contribution is -2.13. The predicted molar refractivity (Wildman–Crippen MR) is 96.7 cm³/mol. The summed E-state index contributed by atoms with van der Waals surface area (Å²) in [6.07, 6.45) is 5.58. The Kier molecular flexibility index (Phi) is 5.39. The van der Waals surface area contributed by atoms with Crippen molar-refractivity contribution in [1.82, 2.24) is 20.0 Å². The molecule has 3 aromatic rings. The number of nitrogens with zero attached hydrogens (tertiary/aromatic N) is 4. The van der Waals surface area contributed by atoms with Crippen LogP contribution in [0.5, 0.6) is 0 Å². The van der Waals surface area contributed by atoms with Crippen molar-refractivity contribution in [3.8, 4) is 5.69 Å². The van der Waals surface area contributed by atoms with Crippen LogP contribution < -0.4 is 5.32 Å². The number of rotatable bonds is 7. The second-order valence-corrected chi connectivity index (χ2v) is 7.07. The minimum Gasteiger partial charge on any atom is -0.300 e. The van der Waals surface area contributed by atoms with Crippen LogP contribution in [0.15, 0.2) is 59.7 Å². The molecule has 3 rings (SSSR count). The largest absolute Gasteiger partial charge is 0.300 e. The number of carbonyl (C=O) groups excluding carboxylic acids is 1. The van der Waals surface area contributed by atoms with Crippen LogP contribution >= 0.6 is 23.1 Å². The number of nitrogens with one attached hydrogen (secondary N) is 1. The van der Waals surface area contributed by atoms with Gasteiger partial charge in [0.15, 0.2) is 4.34 Å². The normalized spacial score (nSPS) is 10.5. The summed E-state index contributed by atoms with van der Waals surface area (Å²) in [7, 11) is 0. The second-order valence-electron chi connectivity index (χ2n) is 4.83. The van der Waals surface area contributed by atoms with Crippen molar-refractivity contribution in [2.24, 2.45) is 0 Å². The molecule has 0 aliphatic rings. The van der Waals surface area contributed by atoms with Crippen LogP contribution in [0.2, 0.25) is 0 Å². The topological polar surface area (TPSA) is 72.7 Å². The van der Waals surface area contributed by atoms with Crippen molar-refractivity contribution in [3.63, 3.8) is 0 Å². The molecule has 0 unspecified atom stereocenters.